The molecule has 0 saturated carbocycles. The van der Waals surface area contributed by atoms with Crippen molar-refractivity contribution in [1.82, 2.24) is 16.0 Å². The molecule has 4 rings (SSSR count). The highest BCUT2D eigenvalue weighted by Crippen LogP contribution is 2.33. The molecule has 2 aliphatic heterocycles. The van der Waals surface area contributed by atoms with E-state index >= 15 is 0 Å². The van der Waals surface area contributed by atoms with Crippen molar-refractivity contribution >= 4 is 41.3 Å². The molecular weight excluding hydrogens is 490 g/mol. The van der Waals surface area contributed by atoms with Crippen LogP contribution in [0.2, 0.25) is 0 Å². The summed E-state index contributed by atoms with van der Waals surface area (Å²) in [5.74, 6) is -1.03. The number of aliphatic imine (C=N–C) groups is 1. The molecular formula is C26H29N7O5. The van der Waals surface area contributed by atoms with Crippen LogP contribution in [0.15, 0.2) is 57.8 Å². The van der Waals surface area contributed by atoms with E-state index in [0.29, 0.717) is 40.6 Å². The molecule has 0 spiro atoms. The van der Waals surface area contributed by atoms with Crippen molar-refractivity contribution in [3.05, 3.63) is 69.9 Å². The van der Waals surface area contributed by atoms with Crippen molar-refractivity contribution in [1.29, 1.82) is 0 Å². The second kappa shape index (κ2) is 11.2. The van der Waals surface area contributed by atoms with E-state index in [1.165, 1.54) is 20.6 Å². The van der Waals surface area contributed by atoms with E-state index in [2.05, 4.69) is 31.7 Å². The summed E-state index contributed by atoms with van der Waals surface area (Å²) < 4.78 is 0. The maximum Gasteiger partial charge on any atom is 0.274 e. The number of carbonyl (C=O) groups excluding carboxylic acids is 3. The third kappa shape index (κ3) is 5.41. The highest BCUT2D eigenvalue weighted by atomic mass is 16.6. The largest absolute Gasteiger partial charge is 0.338 e. The lowest BCUT2D eigenvalue weighted by molar-refractivity contribution is -0.118. The number of nitrogens with one attached hydrogen (secondary N) is 4. The second-order valence-corrected chi connectivity index (χ2v) is 8.82. The number of hydrazone groups is 1. The van der Waals surface area contributed by atoms with Gasteiger partial charge in [-0.2, -0.15) is 5.10 Å². The molecule has 2 aliphatic rings. The zero-order chi connectivity index (χ0) is 27.4. The highest BCUT2D eigenvalue weighted by molar-refractivity contribution is 6.13. The summed E-state index contributed by atoms with van der Waals surface area (Å²) in [5, 5.41) is 12.3. The van der Waals surface area contributed by atoms with Gasteiger partial charge in [0.15, 0.2) is 5.84 Å². The van der Waals surface area contributed by atoms with Crippen LogP contribution in [0.1, 0.15) is 38.8 Å². The molecule has 1 unspecified atom stereocenters. The smallest absolute Gasteiger partial charge is 0.274 e. The summed E-state index contributed by atoms with van der Waals surface area (Å²) in [6, 6.07) is 10.2. The second-order valence-electron chi connectivity index (χ2n) is 8.82. The first-order valence-electron chi connectivity index (χ1n) is 11.8. The lowest BCUT2D eigenvalue weighted by Gasteiger charge is -2.22. The fourth-order valence-electron chi connectivity index (χ4n) is 4.21. The van der Waals surface area contributed by atoms with Crippen LogP contribution < -0.4 is 21.6 Å². The Kier molecular flexibility index (Phi) is 7.84. The number of anilines is 2. The van der Waals surface area contributed by atoms with Crippen molar-refractivity contribution < 1.29 is 24.1 Å². The van der Waals surface area contributed by atoms with Crippen molar-refractivity contribution in [2.75, 3.05) is 31.4 Å². The van der Waals surface area contributed by atoms with Crippen molar-refractivity contribution in [3.8, 4) is 0 Å². The molecule has 38 heavy (non-hydrogen) atoms. The van der Waals surface area contributed by atoms with Crippen LogP contribution in [-0.2, 0) is 14.5 Å². The Morgan fingerprint density at radius 1 is 0.895 bits per heavy atom. The van der Waals surface area contributed by atoms with Crippen LogP contribution in [0, 0.1) is 19.8 Å². The Hall–Kier alpha value is -4.55. The number of amides is 3. The summed E-state index contributed by atoms with van der Waals surface area (Å²) in [7, 11) is 2.72. The molecule has 0 radical (unpaired) electrons. The fourth-order valence-corrected chi connectivity index (χ4v) is 4.21. The molecule has 0 bridgehead atoms. The minimum Gasteiger partial charge on any atom is -0.338 e. The monoisotopic (exact) mass is 519 g/mol. The van der Waals surface area contributed by atoms with E-state index in [4.69, 9.17) is 9.68 Å². The first-order valence-corrected chi connectivity index (χ1v) is 11.8. The predicted octanol–water partition coefficient (Wildman–Crippen LogP) is 2.50. The fraction of sp³-hybridized carbons (Fsp3) is 0.269. The minimum absolute atomic E-state index is 0.235. The topological polar surface area (TPSA) is 146 Å². The third-order valence-corrected chi connectivity index (χ3v) is 6.33. The Balaban J connectivity index is 1.56. The number of benzene rings is 2. The lowest BCUT2D eigenvalue weighted by atomic mass is 10.0. The lowest BCUT2D eigenvalue weighted by Crippen LogP contribution is -2.30. The number of hydrogen-bond donors (Lipinski definition) is 4. The molecule has 0 fully saturated rings. The average molecular weight is 520 g/mol. The van der Waals surface area contributed by atoms with Crippen molar-refractivity contribution in [2.24, 2.45) is 16.0 Å². The maximum absolute atomic E-state index is 13.4. The van der Waals surface area contributed by atoms with Gasteiger partial charge in [-0.05, 0) is 61.7 Å². The van der Waals surface area contributed by atoms with Gasteiger partial charge < -0.3 is 10.6 Å². The van der Waals surface area contributed by atoms with Crippen molar-refractivity contribution in [3.63, 3.8) is 0 Å². The SMILES string of the molecule is CONC(=O)c1ccc(C)c(NC(=O)C2CN3N=CN=C(Nc4cc(C(=O)NOC)ccc4C)C3=C2C)c1. The van der Waals surface area contributed by atoms with Gasteiger partial charge in [0, 0.05) is 22.5 Å². The Morgan fingerprint density at radius 3 is 2.08 bits per heavy atom. The van der Waals surface area contributed by atoms with E-state index in [1.54, 1.807) is 35.3 Å². The number of nitrogens with zero attached hydrogens (tertiary/aromatic N) is 3. The summed E-state index contributed by atoms with van der Waals surface area (Å²) in [5.41, 5.74) is 9.72. The number of hydrogen-bond acceptors (Lipinski definition) is 9. The Labute approximate surface area is 219 Å². The van der Waals surface area contributed by atoms with Gasteiger partial charge in [0.2, 0.25) is 5.91 Å². The maximum atomic E-state index is 13.4. The summed E-state index contributed by atoms with van der Waals surface area (Å²) in [4.78, 5) is 51.5. The highest BCUT2D eigenvalue weighted by Gasteiger charge is 2.37. The molecule has 1 atom stereocenters. The normalized spacial score (nSPS) is 16.1. The van der Waals surface area contributed by atoms with Gasteiger partial charge in [0.05, 0.1) is 26.7 Å². The first-order chi connectivity index (χ1) is 18.2. The molecule has 3 amide bonds. The van der Waals surface area contributed by atoms with Gasteiger partial charge >= 0.3 is 0 Å². The van der Waals surface area contributed by atoms with Crippen LogP contribution in [-0.4, -0.2) is 55.7 Å². The Morgan fingerprint density at radius 2 is 1.47 bits per heavy atom. The summed E-state index contributed by atoms with van der Waals surface area (Å²) >= 11 is 0. The molecule has 0 aromatic heterocycles. The molecule has 0 saturated heterocycles. The number of rotatable bonds is 7. The predicted molar refractivity (Wildman–Crippen MR) is 142 cm³/mol. The van der Waals surface area contributed by atoms with Crippen molar-refractivity contribution in [2.45, 2.75) is 20.8 Å². The zero-order valence-corrected chi connectivity index (χ0v) is 21.7. The number of carbonyl (C=O) groups is 3. The molecule has 2 heterocycles. The van der Waals surface area contributed by atoms with Gasteiger partial charge in [0.25, 0.3) is 11.8 Å². The quantitative estimate of drug-likeness (QED) is 0.411. The van der Waals surface area contributed by atoms with E-state index in [-0.39, 0.29) is 11.8 Å². The van der Waals surface area contributed by atoms with Gasteiger partial charge in [-0.15, -0.1) is 0 Å². The van der Waals surface area contributed by atoms with Gasteiger partial charge in [0.1, 0.15) is 12.0 Å². The van der Waals surface area contributed by atoms with Crippen LogP contribution in [0.25, 0.3) is 0 Å². The number of amidine groups is 1. The summed E-state index contributed by atoms with van der Waals surface area (Å²) in [6.45, 7) is 5.94. The van der Waals surface area contributed by atoms with Gasteiger partial charge in [-0.25, -0.2) is 16.0 Å². The van der Waals surface area contributed by atoms with Gasteiger partial charge in [-0.1, -0.05) is 12.1 Å². The van der Waals surface area contributed by atoms with Crippen LogP contribution in [0.5, 0.6) is 0 Å². The first kappa shape index (κ1) is 26.5. The molecule has 2 aromatic carbocycles. The van der Waals surface area contributed by atoms with E-state index in [1.807, 2.05) is 26.8 Å². The van der Waals surface area contributed by atoms with Crippen LogP contribution in [0.3, 0.4) is 0 Å². The molecule has 198 valence electrons. The number of hydroxylamine groups is 2. The third-order valence-electron chi connectivity index (χ3n) is 6.33. The molecule has 12 nitrogen and oxygen atoms in total. The molecule has 4 N–H and O–H groups in total. The average Bonchev–Trinajstić information content (AvgIpc) is 3.24. The van der Waals surface area contributed by atoms with Crippen LogP contribution in [0.4, 0.5) is 11.4 Å². The number of aryl methyl sites for hydroxylation is 2. The summed E-state index contributed by atoms with van der Waals surface area (Å²) in [6.07, 6.45) is 1.41. The zero-order valence-electron chi connectivity index (χ0n) is 21.7. The van der Waals surface area contributed by atoms with Crippen LogP contribution >= 0.6 is 0 Å². The van der Waals surface area contributed by atoms with E-state index < -0.39 is 11.8 Å². The van der Waals surface area contributed by atoms with E-state index in [9.17, 15) is 14.4 Å². The van der Waals surface area contributed by atoms with Gasteiger partial charge in [-0.3, -0.25) is 29.1 Å². The molecule has 0 aliphatic carbocycles. The standard InChI is InChI=1S/C26H29N7O5/c1-14-6-8-17(24(34)31-37-4)10-20(14)29-23-22-16(3)19(12-33(22)28-13-27-23)26(36)30-21-11-18(9-7-15(21)2)25(35)32-38-5/h6-11,13,19H,12H2,1-5H3,(H,30,36)(H,31,34)(H,32,35)(H,27,28,29). The molecule has 12 heteroatoms. The van der Waals surface area contributed by atoms with E-state index in [0.717, 1.165) is 16.7 Å². The minimum atomic E-state index is -0.511. The molecule has 2 aromatic rings. The number of fused-ring (bicyclic) bond motifs is 1. The Bertz CT molecular complexity index is 1380.